The number of hydrogen-bond acceptors (Lipinski definition) is 3. The lowest BCUT2D eigenvalue weighted by Gasteiger charge is -2.27. The third kappa shape index (κ3) is 2.58. The van der Waals surface area contributed by atoms with E-state index in [2.05, 4.69) is 5.32 Å². The summed E-state index contributed by atoms with van der Waals surface area (Å²) in [5, 5.41) is 11.9. The molecule has 0 heterocycles. The average molecular weight is 278 g/mol. The van der Waals surface area contributed by atoms with Gasteiger partial charge < -0.3 is 11.1 Å². The van der Waals surface area contributed by atoms with E-state index in [-0.39, 0.29) is 11.9 Å². The van der Waals surface area contributed by atoms with Crippen LogP contribution in [0.15, 0.2) is 18.2 Å². The van der Waals surface area contributed by atoms with Crippen molar-refractivity contribution in [3.05, 3.63) is 28.8 Å². The number of halogens is 1. The van der Waals surface area contributed by atoms with Gasteiger partial charge in [0, 0.05) is 6.04 Å². The molecule has 5 heteroatoms. The number of carbonyl (C=O) groups is 1. The number of hydrogen-bond donors (Lipinski definition) is 2. The Morgan fingerprint density at radius 1 is 1.63 bits per heavy atom. The molecule has 100 valence electrons. The molecule has 0 saturated heterocycles. The molecule has 1 saturated carbocycles. The van der Waals surface area contributed by atoms with Crippen molar-refractivity contribution >= 4 is 23.2 Å². The zero-order chi connectivity index (χ0) is 14.0. The summed E-state index contributed by atoms with van der Waals surface area (Å²) in [6.45, 7) is 1.89. The van der Waals surface area contributed by atoms with Crippen molar-refractivity contribution in [2.24, 2.45) is 11.1 Å². The number of nitriles is 1. The molecule has 3 N–H and O–H groups in total. The summed E-state index contributed by atoms with van der Waals surface area (Å²) < 4.78 is 0. The fourth-order valence-electron chi connectivity index (χ4n) is 2.43. The minimum Gasteiger partial charge on any atom is -0.327 e. The first-order valence-electron chi connectivity index (χ1n) is 6.24. The van der Waals surface area contributed by atoms with Crippen molar-refractivity contribution in [2.45, 2.75) is 32.2 Å². The highest BCUT2D eigenvalue weighted by molar-refractivity contribution is 6.33. The Morgan fingerprint density at radius 3 is 2.89 bits per heavy atom. The number of nitrogens with zero attached hydrogens (tertiary/aromatic N) is 1. The number of benzene rings is 1. The van der Waals surface area contributed by atoms with Crippen LogP contribution in [-0.4, -0.2) is 11.9 Å². The van der Waals surface area contributed by atoms with Gasteiger partial charge in [-0.2, -0.15) is 5.26 Å². The first kappa shape index (κ1) is 13.9. The normalized spacial score (nSPS) is 25.9. The van der Waals surface area contributed by atoms with Gasteiger partial charge in [0.05, 0.1) is 27.8 Å². The first-order valence-corrected chi connectivity index (χ1v) is 6.62. The molecular formula is C14H16ClN3O. The second-order valence-corrected chi connectivity index (χ2v) is 5.58. The maximum absolute atomic E-state index is 12.3. The number of anilines is 1. The second kappa shape index (κ2) is 5.20. The van der Waals surface area contributed by atoms with Gasteiger partial charge in [-0.25, -0.2) is 0 Å². The van der Waals surface area contributed by atoms with Crippen LogP contribution in [0.4, 0.5) is 5.69 Å². The summed E-state index contributed by atoms with van der Waals surface area (Å²) in [6.07, 6.45) is 2.62. The molecule has 2 atom stereocenters. The van der Waals surface area contributed by atoms with Crippen LogP contribution < -0.4 is 11.1 Å². The fourth-order valence-corrected chi connectivity index (χ4v) is 2.65. The van der Waals surface area contributed by atoms with E-state index in [1.54, 1.807) is 12.1 Å². The largest absolute Gasteiger partial charge is 0.327 e. The van der Waals surface area contributed by atoms with Crippen molar-refractivity contribution in [1.29, 1.82) is 5.26 Å². The monoisotopic (exact) mass is 277 g/mol. The molecule has 0 radical (unpaired) electrons. The van der Waals surface area contributed by atoms with Gasteiger partial charge in [-0.05, 0) is 38.0 Å². The Balaban J connectivity index is 2.18. The fraction of sp³-hybridized carbons (Fsp3) is 0.429. The Morgan fingerprint density at radius 2 is 2.37 bits per heavy atom. The minimum atomic E-state index is -0.544. The lowest BCUT2D eigenvalue weighted by molar-refractivity contribution is -0.125. The lowest BCUT2D eigenvalue weighted by atomic mass is 9.84. The molecule has 0 aromatic heterocycles. The Labute approximate surface area is 117 Å². The van der Waals surface area contributed by atoms with Gasteiger partial charge in [-0.15, -0.1) is 0 Å². The van der Waals surface area contributed by atoms with Crippen LogP contribution in [0, 0.1) is 16.7 Å². The molecule has 1 aliphatic rings. The van der Waals surface area contributed by atoms with Crippen LogP contribution in [0.5, 0.6) is 0 Å². The van der Waals surface area contributed by atoms with Crippen LogP contribution in [-0.2, 0) is 4.79 Å². The summed E-state index contributed by atoms with van der Waals surface area (Å²) in [5.74, 6) is -0.107. The van der Waals surface area contributed by atoms with Gasteiger partial charge in [0.2, 0.25) is 5.91 Å². The smallest absolute Gasteiger partial charge is 0.231 e. The van der Waals surface area contributed by atoms with Gasteiger partial charge in [-0.1, -0.05) is 18.0 Å². The standard InChI is InChI=1S/C14H16ClN3O/c1-14(6-2-3-12(14)17)13(19)18-11-5-4-9(8-16)7-10(11)15/h4-5,7,12H,2-3,6,17H2,1H3,(H,18,19). The van der Waals surface area contributed by atoms with Gasteiger partial charge in [0.15, 0.2) is 0 Å². The van der Waals surface area contributed by atoms with Crippen molar-refractivity contribution in [2.75, 3.05) is 5.32 Å². The maximum atomic E-state index is 12.3. The predicted octanol–water partition coefficient (Wildman–Crippen LogP) is 2.67. The van der Waals surface area contributed by atoms with Crippen LogP contribution in [0.2, 0.25) is 5.02 Å². The molecule has 4 nitrogen and oxygen atoms in total. The topological polar surface area (TPSA) is 78.9 Å². The third-order valence-corrected chi connectivity index (χ3v) is 4.21. The number of rotatable bonds is 2. The molecule has 1 fully saturated rings. The van der Waals surface area contributed by atoms with Crippen LogP contribution in [0.25, 0.3) is 0 Å². The van der Waals surface area contributed by atoms with Crippen LogP contribution in [0.3, 0.4) is 0 Å². The third-order valence-electron chi connectivity index (χ3n) is 3.89. The highest BCUT2D eigenvalue weighted by Crippen LogP contribution is 2.38. The summed E-state index contributed by atoms with van der Waals surface area (Å²) >= 11 is 6.04. The summed E-state index contributed by atoms with van der Waals surface area (Å²) in [7, 11) is 0. The van der Waals surface area contributed by atoms with Gasteiger partial charge >= 0.3 is 0 Å². The van der Waals surface area contributed by atoms with E-state index < -0.39 is 5.41 Å². The van der Waals surface area contributed by atoms with Crippen LogP contribution >= 0.6 is 11.6 Å². The summed E-state index contributed by atoms with van der Waals surface area (Å²) in [4.78, 5) is 12.3. The van der Waals surface area contributed by atoms with E-state index in [1.807, 2.05) is 13.0 Å². The van der Waals surface area contributed by atoms with Gasteiger partial charge in [0.25, 0.3) is 0 Å². The summed E-state index contributed by atoms with van der Waals surface area (Å²) in [6, 6.07) is 6.68. The molecule has 1 aromatic carbocycles. The Kier molecular flexibility index (Phi) is 3.79. The zero-order valence-corrected chi connectivity index (χ0v) is 11.5. The maximum Gasteiger partial charge on any atom is 0.231 e. The van der Waals surface area contributed by atoms with E-state index in [1.165, 1.54) is 6.07 Å². The molecule has 2 rings (SSSR count). The molecule has 19 heavy (non-hydrogen) atoms. The van der Waals surface area contributed by atoms with Crippen molar-refractivity contribution < 1.29 is 4.79 Å². The molecule has 2 unspecified atom stereocenters. The van der Waals surface area contributed by atoms with Crippen molar-refractivity contribution in [3.8, 4) is 6.07 Å². The van der Waals surface area contributed by atoms with E-state index in [0.29, 0.717) is 16.3 Å². The van der Waals surface area contributed by atoms with E-state index in [0.717, 1.165) is 19.3 Å². The molecule has 0 spiro atoms. The highest BCUT2D eigenvalue weighted by atomic mass is 35.5. The summed E-state index contributed by atoms with van der Waals surface area (Å²) in [5.41, 5.74) is 6.45. The van der Waals surface area contributed by atoms with E-state index >= 15 is 0 Å². The molecule has 0 bridgehead atoms. The van der Waals surface area contributed by atoms with Crippen LogP contribution in [0.1, 0.15) is 31.7 Å². The predicted molar refractivity (Wildman–Crippen MR) is 74.7 cm³/mol. The Hall–Kier alpha value is -1.57. The van der Waals surface area contributed by atoms with E-state index in [9.17, 15) is 4.79 Å². The zero-order valence-electron chi connectivity index (χ0n) is 10.7. The van der Waals surface area contributed by atoms with Crippen molar-refractivity contribution in [3.63, 3.8) is 0 Å². The molecule has 1 amide bonds. The lowest BCUT2D eigenvalue weighted by Crippen LogP contribution is -2.44. The number of amides is 1. The molecule has 1 aliphatic carbocycles. The number of nitrogens with one attached hydrogen (secondary N) is 1. The molecular weight excluding hydrogens is 262 g/mol. The molecule has 1 aromatic rings. The minimum absolute atomic E-state index is 0.107. The van der Waals surface area contributed by atoms with Crippen molar-refractivity contribution in [1.82, 2.24) is 0 Å². The first-order chi connectivity index (χ1) is 8.97. The number of nitrogens with two attached hydrogens (primary N) is 1. The number of carbonyl (C=O) groups excluding carboxylic acids is 1. The second-order valence-electron chi connectivity index (χ2n) is 5.18. The van der Waals surface area contributed by atoms with E-state index in [4.69, 9.17) is 22.6 Å². The highest BCUT2D eigenvalue weighted by Gasteiger charge is 2.43. The Bertz CT molecular complexity index is 552. The SMILES string of the molecule is CC1(C(=O)Nc2ccc(C#N)cc2Cl)CCCC1N. The van der Waals surface area contributed by atoms with Gasteiger partial charge in [0.1, 0.15) is 0 Å². The quantitative estimate of drug-likeness (QED) is 0.872. The van der Waals surface area contributed by atoms with Gasteiger partial charge in [-0.3, -0.25) is 4.79 Å². The average Bonchev–Trinajstić information content (AvgIpc) is 2.73. The molecule has 0 aliphatic heterocycles.